The lowest BCUT2D eigenvalue weighted by Crippen LogP contribution is -1.90. The van der Waals surface area contributed by atoms with Crippen LogP contribution in [-0.2, 0) is 11.2 Å². The van der Waals surface area contributed by atoms with Crippen molar-refractivity contribution in [1.82, 2.24) is 4.37 Å². The summed E-state index contributed by atoms with van der Waals surface area (Å²) >= 11 is 4.37. The van der Waals surface area contributed by atoms with Crippen molar-refractivity contribution in [1.29, 1.82) is 0 Å². The van der Waals surface area contributed by atoms with Crippen LogP contribution in [0.25, 0.3) is 0 Å². The van der Waals surface area contributed by atoms with Gasteiger partial charge in [-0.25, -0.2) is 0 Å². The second kappa shape index (κ2) is 3.12. The lowest BCUT2D eigenvalue weighted by Gasteiger charge is -1.89. The largest absolute Gasteiger partial charge is 0.389 e. The number of aromatic nitrogens is 1. The van der Waals surface area contributed by atoms with E-state index in [-0.39, 0.29) is 0 Å². The minimum absolute atomic E-state index is 0.336. The molecular weight excluding hydrogens is 216 g/mol. The third-order valence-corrected chi connectivity index (χ3v) is 2.67. The summed E-state index contributed by atoms with van der Waals surface area (Å²) in [5.41, 5.74) is 6.29. The van der Waals surface area contributed by atoms with E-state index in [4.69, 9.17) is 5.73 Å². The molecule has 1 aromatic rings. The number of carbonyl (C=O) groups excluding carboxylic acids is 1. The molecule has 2 N–H and O–H groups in total. The highest BCUT2D eigenvalue weighted by atomic mass is 79.9. The molecule has 54 valence electrons. The number of anilines is 1. The van der Waals surface area contributed by atoms with Crippen LogP contribution in [0.4, 0.5) is 5.00 Å². The minimum Gasteiger partial charge on any atom is -0.389 e. The van der Waals surface area contributed by atoms with Gasteiger partial charge in [0.2, 0.25) is 0 Å². The SMILES string of the molecule is Nc1snc(Br)c1CC=O. The summed E-state index contributed by atoms with van der Waals surface area (Å²) in [4.78, 5) is 10.1. The predicted molar refractivity (Wildman–Crippen MR) is 44.0 cm³/mol. The Balaban J connectivity index is 2.97. The van der Waals surface area contributed by atoms with Gasteiger partial charge in [0.1, 0.15) is 15.9 Å². The maximum absolute atomic E-state index is 10.1. The monoisotopic (exact) mass is 220 g/mol. The number of rotatable bonds is 2. The molecule has 0 aromatic carbocycles. The lowest BCUT2D eigenvalue weighted by atomic mass is 10.3. The molecule has 1 rings (SSSR count). The fourth-order valence-corrected chi connectivity index (χ4v) is 1.87. The van der Waals surface area contributed by atoms with Gasteiger partial charge in [0, 0.05) is 12.0 Å². The molecule has 5 heteroatoms. The Morgan fingerprint density at radius 3 is 2.90 bits per heavy atom. The first-order chi connectivity index (χ1) is 4.75. The van der Waals surface area contributed by atoms with Crippen LogP contribution >= 0.6 is 27.5 Å². The first-order valence-corrected chi connectivity index (χ1v) is 4.15. The number of nitrogens with zero attached hydrogens (tertiary/aromatic N) is 1. The van der Waals surface area contributed by atoms with Crippen LogP contribution in [0.1, 0.15) is 5.56 Å². The fourth-order valence-electron chi connectivity index (χ4n) is 0.569. The topological polar surface area (TPSA) is 56.0 Å². The van der Waals surface area contributed by atoms with E-state index in [0.29, 0.717) is 16.0 Å². The molecule has 0 unspecified atom stereocenters. The van der Waals surface area contributed by atoms with E-state index in [2.05, 4.69) is 20.3 Å². The number of aldehydes is 1. The van der Waals surface area contributed by atoms with E-state index < -0.39 is 0 Å². The average molecular weight is 221 g/mol. The van der Waals surface area contributed by atoms with Crippen molar-refractivity contribution in [3.63, 3.8) is 0 Å². The van der Waals surface area contributed by atoms with Crippen molar-refractivity contribution in [3.8, 4) is 0 Å². The van der Waals surface area contributed by atoms with Gasteiger partial charge in [-0.1, -0.05) is 0 Å². The van der Waals surface area contributed by atoms with Crippen molar-refractivity contribution >= 4 is 38.7 Å². The van der Waals surface area contributed by atoms with E-state index in [1.807, 2.05) is 0 Å². The molecule has 0 aliphatic carbocycles. The van der Waals surface area contributed by atoms with Crippen molar-refractivity contribution < 1.29 is 4.79 Å². The number of halogens is 1. The number of nitrogen functional groups attached to an aromatic ring is 1. The highest BCUT2D eigenvalue weighted by Crippen LogP contribution is 2.25. The van der Waals surface area contributed by atoms with E-state index in [9.17, 15) is 4.79 Å². The van der Waals surface area contributed by atoms with Crippen molar-refractivity contribution in [2.24, 2.45) is 0 Å². The molecule has 0 aliphatic heterocycles. The van der Waals surface area contributed by atoms with Crippen molar-refractivity contribution in [3.05, 3.63) is 10.2 Å². The van der Waals surface area contributed by atoms with E-state index in [0.717, 1.165) is 11.8 Å². The summed E-state index contributed by atoms with van der Waals surface area (Å²) in [6.07, 6.45) is 1.15. The Morgan fingerprint density at radius 2 is 2.50 bits per heavy atom. The highest BCUT2D eigenvalue weighted by molar-refractivity contribution is 9.10. The fraction of sp³-hybridized carbons (Fsp3) is 0.200. The number of carbonyl (C=O) groups is 1. The minimum atomic E-state index is 0.336. The number of hydrogen-bond acceptors (Lipinski definition) is 4. The number of nitrogens with two attached hydrogens (primary N) is 1. The first-order valence-electron chi connectivity index (χ1n) is 2.59. The molecular formula is C5H5BrN2OS. The summed E-state index contributed by atoms with van der Waals surface area (Å²) in [7, 11) is 0. The predicted octanol–water partition coefficient (Wildman–Crippen LogP) is 1.23. The van der Waals surface area contributed by atoms with Crippen molar-refractivity contribution in [2.75, 3.05) is 5.73 Å². The third kappa shape index (κ3) is 1.35. The number of hydrogen-bond donors (Lipinski definition) is 1. The Labute approximate surface area is 70.5 Å². The van der Waals surface area contributed by atoms with Crippen LogP contribution in [0, 0.1) is 0 Å². The first kappa shape index (κ1) is 7.68. The van der Waals surface area contributed by atoms with Gasteiger partial charge >= 0.3 is 0 Å². The molecule has 1 aromatic heterocycles. The summed E-state index contributed by atoms with van der Waals surface area (Å²) in [6, 6.07) is 0. The van der Waals surface area contributed by atoms with Gasteiger partial charge in [0.15, 0.2) is 0 Å². The van der Waals surface area contributed by atoms with Crippen LogP contribution in [0.2, 0.25) is 0 Å². The summed E-state index contributed by atoms with van der Waals surface area (Å²) in [5, 5.41) is 0.610. The average Bonchev–Trinajstić information content (AvgIpc) is 2.20. The normalized spacial score (nSPS) is 9.70. The van der Waals surface area contributed by atoms with Crippen LogP contribution in [0.3, 0.4) is 0 Å². The molecule has 0 amide bonds. The van der Waals surface area contributed by atoms with Gasteiger partial charge in [0.25, 0.3) is 0 Å². The Morgan fingerprint density at radius 1 is 1.80 bits per heavy atom. The highest BCUT2D eigenvalue weighted by Gasteiger charge is 2.06. The maximum Gasteiger partial charge on any atom is 0.125 e. The summed E-state index contributed by atoms with van der Waals surface area (Å²) in [5.74, 6) is 0. The zero-order valence-electron chi connectivity index (χ0n) is 5.00. The van der Waals surface area contributed by atoms with E-state index in [1.165, 1.54) is 11.5 Å². The molecule has 0 bridgehead atoms. The molecule has 0 atom stereocenters. The molecule has 0 radical (unpaired) electrons. The maximum atomic E-state index is 10.1. The smallest absolute Gasteiger partial charge is 0.125 e. The molecule has 0 saturated heterocycles. The summed E-state index contributed by atoms with van der Waals surface area (Å²) < 4.78 is 4.59. The second-order valence-electron chi connectivity index (χ2n) is 1.69. The van der Waals surface area contributed by atoms with Gasteiger partial charge in [-0.3, -0.25) is 0 Å². The molecule has 0 saturated carbocycles. The van der Waals surface area contributed by atoms with Crippen LogP contribution in [0.15, 0.2) is 4.60 Å². The Hall–Kier alpha value is -0.420. The van der Waals surface area contributed by atoms with Crippen LogP contribution < -0.4 is 5.73 Å². The third-order valence-electron chi connectivity index (χ3n) is 1.06. The van der Waals surface area contributed by atoms with Gasteiger partial charge < -0.3 is 10.5 Å². The molecule has 0 spiro atoms. The van der Waals surface area contributed by atoms with Gasteiger partial charge in [-0.05, 0) is 27.5 Å². The zero-order valence-corrected chi connectivity index (χ0v) is 7.41. The van der Waals surface area contributed by atoms with Gasteiger partial charge in [0.05, 0.1) is 0 Å². The molecule has 10 heavy (non-hydrogen) atoms. The zero-order chi connectivity index (χ0) is 7.56. The summed E-state index contributed by atoms with van der Waals surface area (Å²) in [6.45, 7) is 0. The molecule has 3 nitrogen and oxygen atoms in total. The Kier molecular flexibility index (Phi) is 2.39. The van der Waals surface area contributed by atoms with E-state index in [1.54, 1.807) is 0 Å². The lowest BCUT2D eigenvalue weighted by molar-refractivity contribution is -0.107. The van der Waals surface area contributed by atoms with Gasteiger partial charge in [-0.2, -0.15) is 4.37 Å². The quantitative estimate of drug-likeness (QED) is 0.764. The van der Waals surface area contributed by atoms with Crippen LogP contribution in [-0.4, -0.2) is 10.7 Å². The molecule has 0 fully saturated rings. The van der Waals surface area contributed by atoms with Crippen LogP contribution in [0.5, 0.6) is 0 Å². The Bertz CT molecular complexity index is 228. The standard InChI is InChI=1S/C5H5BrN2OS/c6-4-3(1-2-9)5(7)10-8-4/h2H,1,7H2. The van der Waals surface area contributed by atoms with Crippen molar-refractivity contribution in [2.45, 2.75) is 6.42 Å². The second-order valence-corrected chi connectivity index (χ2v) is 3.24. The van der Waals surface area contributed by atoms with Gasteiger partial charge in [-0.15, -0.1) is 0 Å². The molecule has 1 heterocycles. The van der Waals surface area contributed by atoms with E-state index >= 15 is 0 Å². The molecule has 0 aliphatic rings.